The highest BCUT2D eigenvalue weighted by Gasteiger charge is 2.19. The summed E-state index contributed by atoms with van der Waals surface area (Å²) >= 11 is 5.26. The fourth-order valence-corrected chi connectivity index (χ4v) is 4.05. The van der Waals surface area contributed by atoms with E-state index in [0.29, 0.717) is 13.1 Å². The van der Waals surface area contributed by atoms with Crippen LogP contribution in [0, 0.1) is 0 Å². The lowest BCUT2D eigenvalue weighted by Gasteiger charge is -2.35. The van der Waals surface area contributed by atoms with Crippen LogP contribution in [-0.4, -0.2) is 48.0 Å². The molecule has 4 rings (SSSR count). The minimum Gasteiger partial charge on any atom is -0.368 e. The molecule has 182 valence electrons. The van der Waals surface area contributed by atoms with Crippen LogP contribution in [0.15, 0.2) is 97.1 Å². The van der Waals surface area contributed by atoms with Gasteiger partial charge in [-0.05, 0) is 59.8 Å². The molecule has 0 aromatic heterocycles. The van der Waals surface area contributed by atoms with Crippen molar-refractivity contribution in [3.05, 3.63) is 108 Å². The quantitative estimate of drug-likeness (QED) is 0.387. The molecule has 1 aliphatic heterocycles. The van der Waals surface area contributed by atoms with E-state index in [-0.39, 0.29) is 16.9 Å². The third kappa shape index (κ3) is 7.38. The fraction of sp³-hybridized carbons (Fsp3) is 0.138. The molecule has 36 heavy (non-hydrogen) atoms. The summed E-state index contributed by atoms with van der Waals surface area (Å²) < 4.78 is 0. The van der Waals surface area contributed by atoms with Crippen LogP contribution < -0.4 is 15.5 Å². The zero-order chi connectivity index (χ0) is 25.2. The monoisotopic (exact) mass is 496 g/mol. The third-order valence-electron chi connectivity index (χ3n) is 5.76. The summed E-state index contributed by atoms with van der Waals surface area (Å²) in [6, 6.07) is 27.3. The fourth-order valence-electron chi connectivity index (χ4n) is 3.83. The molecule has 0 spiro atoms. The van der Waals surface area contributed by atoms with Crippen molar-refractivity contribution >= 4 is 52.7 Å². The molecule has 1 saturated heterocycles. The van der Waals surface area contributed by atoms with Crippen molar-refractivity contribution in [3.8, 4) is 0 Å². The van der Waals surface area contributed by atoms with E-state index in [1.807, 2.05) is 95.9 Å². The molecule has 0 atom stereocenters. The Hall–Kier alpha value is -4.23. The number of piperazine rings is 1. The maximum atomic E-state index is 12.5. The van der Waals surface area contributed by atoms with Crippen LogP contribution in [0.4, 0.5) is 11.4 Å². The maximum Gasteiger partial charge on any atom is 0.250 e. The minimum atomic E-state index is -0.293. The van der Waals surface area contributed by atoms with Crippen molar-refractivity contribution in [1.29, 1.82) is 0 Å². The molecule has 2 amide bonds. The first-order chi connectivity index (χ1) is 17.6. The number of amides is 2. The Balaban J connectivity index is 1.22. The number of anilines is 2. The second-order valence-electron chi connectivity index (χ2n) is 8.29. The molecule has 1 fully saturated rings. The zero-order valence-corrected chi connectivity index (χ0v) is 20.7. The van der Waals surface area contributed by atoms with Crippen molar-refractivity contribution in [2.75, 3.05) is 36.4 Å². The first kappa shape index (κ1) is 24.9. The molecule has 6 nitrogen and oxygen atoms in total. The van der Waals surface area contributed by atoms with Crippen LogP contribution in [0.1, 0.15) is 11.1 Å². The molecule has 0 radical (unpaired) electrons. The Labute approximate surface area is 216 Å². The Morgan fingerprint density at radius 1 is 0.722 bits per heavy atom. The number of carbonyl (C=O) groups excluding carboxylic acids is 2. The number of carbonyl (C=O) groups is 2. The van der Waals surface area contributed by atoms with Crippen molar-refractivity contribution in [2.45, 2.75) is 0 Å². The lowest BCUT2D eigenvalue weighted by Crippen LogP contribution is -2.48. The van der Waals surface area contributed by atoms with E-state index in [0.717, 1.165) is 35.6 Å². The van der Waals surface area contributed by atoms with Gasteiger partial charge in [0.2, 0.25) is 11.8 Å². The van der Waals surface area contributed by atoms with Crippen molar-refractivity contribution in [3.63, 3.8) is 0 Å². The second kappa shape index (κ2) is 12.5. The van der Waals surface area contributed by atoms with Crippen LogP contribution in [0.25, 0.3) is 12.2 Å². The van der Waals surface area contributed by atoms with Crippen molar-refractivity contribution < 1.29 is 9.59 Å². The normalized spacial score (nSPS) is 13.7. The largest absolute Gasteiger partial charge is 0.368 e. The van der Waals surface area contributed by atoms with Gasteiger partial charge < -0.3 is 15.1 Å². The molecule has 3 aromatic carbocycles. The Morgan fingerprint density at radius 2 is 1.28 bits per heavy atom. The molecule has 3 aromatic rings. The maximum absolute atomic E-state index is 12.5. The number of hydrogen-bond donors (Lipinski definition) is 2. The molecular formula is C29H28N4O2S. The first-order valence-electron chi connectivity index (χ1n) is 11.8. The van der Waals surface area contributed by atoms with E-state index >= 15 is 0 Å². The standard InChI is InChI=1S/C29H28N4O2S/c34-27(17-11-23-7-3-1-4-8-23)31-29(36)30-25-13-15-26(16-14-25)32-19-21-33(22-20-32)28(35)18-12-24-9-5-2-6-10-24/h1-18H,19-22H2,(H2,30,31,34,36)/b17-11+,18-12+. The summed E-state index contributed by atoms with van der Waals surface area (Å²) in [7, 11) is 0. The number of thiocarbonyl (C=S) groups is 1. The lowest BCUT2D eigenvalue weighted by atomic mass is 10.2. The van der Waals surface area contributed by atoms with Crippen LogP contribution >= 0.6 is 12.2 Å². The number of benzene rings is 3. The van der Waals surface area contributed by atoms with E-state index in [1.54, 1.807) is 12.2 Å². The van der Waals surface area contributed by atoms with Gasteiger partial charge in [0, 0.05) is 49.7 Å². The van der Waals surface area contributed by atoms with Gasteiger partial charge >= 0.3 is 0 Å². The predicted octanol–water partition coefficient (Wildman–Crippen LogP) is 4.58. The summed E-state index contributed by atoms with van der Waals surface area (Å²) in [4.78, 5) is 28.7. The molecule has 1 aliphatic rings. The average molecular weight is 497 g/mol. The number of rotatable bonds is 6. The number of hydrogen-bond acceptors (Lipinski definition) is 4. The van der Waals surface area contributed by atoms with Crippen LogP contribution in [0.3, 0.4) is 0 Å². The Morgan fingerprint density at radius 3 is 1.86 bits per heavy atom. The van der Waals surface area contributed by atoms with E-state index in [4.69, 9.17) is 12.2 Å². The molecule has 0 bridgehead atoms. The van der Waals surface area contributed by atoms with Gasteiger partial charge in [-0.15, -0.1) is 0 Å². The second-order valence-corrected chi connectivity index (χ2v) is 8.70. The Kier molecular flexibility index (Phi) is 8.62. The SMILES string of the molecule is O=C(/C=C/c1ccccc1)NC(=S)Nc1ccc(N2CCN(C(=O)/C=C/c3ccccc3)CC2)cc1. The molecule has 7 heteroatoms. The van der Waals surface area contributed by atoms with Gasteiger partial charge in [0.15, 0.2) is 5.11 Å². The summed E-state index contributed by atoms with van der Waals surface area (Å²) in [5, 5.41) is 5.93. The van der Waals surface area contributed by atoms with Crippen LogP contribution in [0.5, 0.6) is 0 Å². The van der Waals surface area contributed by atoms with E-state index < -0.39 is 0 Å². The topological polar surface area (TPSA) is 64.7 Å². The Bertz CT molecular complexity index is 1230. The van der Waals surface area contributed by atoms with Gasteiger partial charge in [-0.2, -0.15) is 0 Å². The van der Waals surface area contributed by atoms with Crippen LogP contribution in [-0.2, 0) is 9.59 Å². The molecular weight excluding hydrogens is 468 g/mol. The van der Waals surface area contributed by atoms with Gasteiger partial charge in [0.05, 0.1) is 0 Å². The highest BCUT2D eigenvalue weighted by Crippen LogP contribution is 2.20. The van der Waals surface area contributed by atoms with E-state index in [2.05, 4.69) is 15.5 Å². The van der Waals surface area contributed by atoms with E-state index in [9.17, 15) is 9.59 Å². The average Bonchev–Trinajstić information content (AvgIpc) is 2.92. The molecule has 2 N–H and O–H groups in total. The van der Waals surface area contributed by atoms with Gasteiger partial charge in [0.1, 0.15) is 0 Å². The van der Waals surface area contributed by atoms with Crippen molar-refractivity contribution in [1.82, 2.24) is 10.2 Å². The number of nitrogens with one attached hydrogen (secondary N) is 2. The summed E-state index contributed by atoms with van der Waals surface area (Å²) in [5.74, 6) is -0.258. The molecule has 0 saturated carbocycles. The van der Waals surface area contributed by atoms with Crippen molar-refractivity contribution in [2.24, 2.45) is 0 Å². The summed E-state index contributed by atoms with van der Waals surface area (Å²) in [5.41, 5.74) is 3.82. The van der Waals surface area contributed by atoms with Gasteiger partial charge in [-0.25, -0.2) is 0 Å². The minimum absolute atomic E-state index is 0.0345. The zero-order valence-electron chi connectivity index (χ0n) is 19.8. The first-order valence-corrected chi connectivity index (χ1v) is 12.2. The third-order valence-corrected chi connectivity index (χ3v) is 5.97. The van der Waals surface area contributed by atoms with E-state index in [1.165, 1.54) is 6.08 Å². The predicted molar refractivity (Wildman–Crippen MR) is 151 cm³/mol. The molecule has 0 unspecified atom stereocenters. The van der Waals surface area contributed by atoms with Crippen LogP contribution in [0.2, 0.25) is 0 Å². The molecule has 0 aliphatic carbocycles. The summed E-state index contributed by atoms with van der Waals surface area (Å²) in [6.07, 6.45) is 6.69. The summed E-state index contributed by atoms with van der Waals surface area (Å²) in [6.45, 7) is 2.87. The number of nitrogens with zero attached hydrogens (tertiary/aromatic N) is 2. The highest BCUT2D eigenvalue weighted by molar-refractivity contribution is 7.80. The highest BCUT2D eigenvalue weighted by atomic mass is 32.1. The smallest absolute Gasteiger partial charge is 0.250 e. The lowest BCUT2D eigenvalue weighted by molar-refractivity contribution is -0.126. The van der Waals surface area contributed by atoms with Gasteiger partial charge in [0.25, 0.3) is 0 Å². The molecule has 1 heterocycles. The van der Waals surface area contributed by atoms with Gasteiger partial charge in [-0.3, -0.25) is 14.9 Å². The van der Waals surface area contributed by atoms with Gasteiger partial charge in [-0.1, -0.05) is 60.7 Å².